The Labute approximate surface area is 197 Å². The van der Waals surface area contributed by atoms with E-state index in [-0.39, 0.29) is 12.4 Å². The van der Waals surface area contributed by atoms with Crippen molar-refractivity contribution in [2.24, 2.45) is 0 Å². The Morgan fingerprint density at radius 2 is 1.25 bits per heavy atom. The molecule has 32 heavy (non-hydrogen) atoms. The van der Waals surface area contributed by atoms with Gasteiger partial charge < -0.3 is 9.64 Å². The molecule has 0 atom stereocenters. The lowest BCUT2D eigenvalue weighted by atomic mass is 9.86. The molecular weight excluding hydrogens is 414 g/mol. The lowest BCUT2D eigenvalue weighted by Gasteiger charge is -2.30. The van der Waals surface area contributed by atoms with Crippen LogP contribution in [0.15, 0.2) is 84.4 Å². The summed E-state index contributed by atoms with van der Waals surface area (Å²) in [7, 11) is 0. The maximum atomic E-state index is 5.86. The van der Waals surface area contributed by atoms with Gasteiger partial charge in [-0.05, 0) is 59.2 Å². The van der Waals surface area contributed by atoms with E-state index in [0.717, 1.165) is 51.3 Å². The molecule has 1 fully saturated rings. The van der Waals surface area contributed by atoms with E-state index < -0.39 is 0 Å². The summed E-state index contributed by atoms with van der Waals surface area (Å²) in [6, 6.07) is 27.8. The second kappa shape index (κ2) is 10.7. The van der Waals surface area contributed by atoms with Gasteiger partial charge in [0.05, 0.1) is 6.61 Å². The highest BCUT2D eigenvalue weighted by atomic mass is 35.5. The fraction of sp³-hybridized carbons (Fsp3) is 0.241. The largest absolute Gasteiger partial charge is 0.494 e. The van der Waals surface area contributed by atoms with Gasteiger partial charge in [0.15, 0.2) is 0 Å². The van der Waals surface area contributed by atoms with Crippen LogP contribution in [0.3, 0.4) is 0 Å². The molecule has 0 unspecified atom stereocenters. The summed E-state index contributed by atoms with van der Waals surface area (Å²) in [5.41, 5.74) is 8.46. The molecule has 3 heteroatoms. The Morgan fingerprint density at radius 3 is 1.88 bits per heavy atom. The van der Waals surface area contributed by atoms with Gasteiger partial charge in [-0.25, -0.2) is 0 Å². The molecule has 3 aromatic carbocycles. The Kier molecular flexibility index (Phi) is 7.47. The predicted molar refractivity (Wildman–Crippen MR) is 137 cm³/mol. The van der Waals surface area contributed by atoms with Gasteiger partial charge >= 0.3 is 0 Å². The van der Waals surface area contributed by atoms with Crippen LogP contribution < -0.4 is 4.74 Å². The maximum Gasteiger partial charge on any atom is 0.119 e. The SMILES string of the molecule is C1=Cc2ccccc2C(=C2CCN(CCCOc3ccccc3)CC2)c2ccccc21.Cl. The highest BCUT2D eigenvalue weighted by Gasteiger charge is 2.22. The third kappa shape index (κ3) is 4.98. The van der Waals surface area contributed by atoms with Crippen molar-refractivity contribution in [3.63, 3.8) is 0 Å². The van der Waals surface area contributed by atoms with E-state index in [2.05, 4.69) is 65.6 Å². The second-order valence-electron chi connectivity index (χ2n) is 8.34. The highest BCUT2D eigenvalue weighted by molar-refractivity contribution is 5.94. The molecule has 0 spiro atoms. The topological polar surface area (TPSA) is 12.5 Å². The summed E-state index contributed by atoms with van der Waals surface area (Å²) < 4.78 is 5.86. The van der Waals surface area contributed by atoms with Gasteiger partial charge in [-0.15, -0.1) is 12.4 Å². The summed E-state index contributed by atoms with van der Waals surface area (Å²) >= 11 is 0. The normalized spacial score (nSPS) is 15.4. The van der Waals surface area contributed by atoms with Gasteiger partial charge in [-0.2, -0.15) is 0 Å². The molecule has 1 saturated heterocycles. The Balaban J connectivity index is 0.00000245. The van der Waals surface area contributed by atoms with Gasteiger partial charge in [-0.3, -0.25) is 0 Å². The summed E-state index contributed by atoms with van der Waals surface area (Å²) in [6.07, 6.45) is 7.87. The molecule has 1 aliphatic heterocycles. The first kappa shape index (κ1) is 22.4. The molecule has 1 aliphatic carbocycles. The number of nitrogens with zero attached hydrogens (tertiary/aromatic N) is 1. The van der Waals surface area contributed by atoms with Crippen LogP contribution in [-0.4, -0.2) is 31.1 Å². The summed E-state index contributed by atoms with van der Waals surface area (Å²) in [4.78, 5) is 2.59. The molecule has 2 aliphatic rings. The fourth-order valence-corrected chi connectivity index (χ4v) is 4.74. The molecule has 0 N–H and O–H groups in total. The predicted octanol–water partition coefficient (Wildman–Crippen LogP) is 6.96. The summed E-state index contributed by atoms with van der Waals surface area (Å²) in [6.45, 7) is 4.13. The molecule has 1 heterocycles. The van der Waals surface area contributed by atoms with Crippen molar-refractivity contribution in [2.75, 3.05) is 26.2 Å². The molecule has 3 aromatic rings. The van der Waals surface area contributed by atoms with Crippen LogP contribution in [0, 0.1) is 0 Å². The smallest absolute Gasteiger partial charge is 0.119 e. The molecule has 0 saturated carbocycles. The van der Waals surface area contributed by atoms with Gasteiger partial charge in [-0.1, -0.05) is 84.5 Å². The van der Waals surface area contributed by atoms with Crippen LogP contribution in [0.4, 0.5) is 0 Å². The number of ether oxygens (including phenoxy) is 1. The maximum absolute atomic E-state index is 5.86. The number of rotatable bonds is 5. The van der Waals surface area contributed by atoms with Crippen LogP contribution in [0.2, 0.25) is 0 Å². The van der Waals surface area contributed by atoms with Gasteiger partial charge in [0, 0.05) is 19.6 Å². The molecule has 164 valence electrons. The zero-order valence-corrected chi connectivity index (χ0v) is 19.2. The van der Waals surface area contributed by atoms with E-state index in [0.29, 0.717) is 0 Å². The number of halogens is 1. The monoisotopic (exact) mass is 443 g/mol. The van der Waals surface area contributed by atoms with E-state index in [1.54, 1.807) is 5.57 Å². The average molecular weight is 444 g/mol. The number of hydrogen-bond donors (Lipinski definition) is 0. The minimum atomic E-state index is 0. The van der Waals surface area contributed by atoms with Crippen LogP contribution in [-0.2, 0) is 0 Å². The van der Waals surface area contributed by atoms with Gasteiger partial charge in [0.25, 0.3) is 0 Å². The first-order valence-electron chi connectivity index (χ1n) is 11.4. The summed E-state index contributed by atoms with van der Waals surface area (Å²) in [5, 5.41) is 0. The van der Waals surface area contributed by atoms with Crippen molar-refractivity contribution in [1.29, 1.82) is 0 Å². The number of piperidine rings is 1. The van der Waals surface area contributed by atoms with Crippen molar-refractivity contribution in [1.82, 2.24) is 4.90 Å². The van der Waals surface area contributed by atoms with E-state index in [4.69, 9.17) is 4.74 Å². The molecule has 5 rings (SSSR count). The molecule has 0 bridgehead atoms. The zero-order chi connectivity index (χ0) is 20.9. The number of hydrogen-bond acceptors (Lipinski definition) is 2. The minimum Gasteiger partial charge on any atom is -0.494 e. The molecule has 0 aromatic heterocycles. The van der Waals surface area contributed by atoms with E-state index in [1.807, 2.05) is 30.3 Å². The lowest BCUT2D eigenvalue weighted by molar-refractivity contribution is 0.223. The van der Waals surface area contributed by atoms with Crippen molar-refractivity contribution < 1.29 is 4.74 Å². The van der Waals surface area contributed by atoms with Crippen molar-refractivity contribution >= 4 is 30.1 Å². The molecule has 2 nitrogen and oxygen atoms in total. The zero-order valence-electron chi connectivity index (χ0n) is 18.4. The van der Waals surface area contributed by atoms with Gasteiger partial charge in [0.1, 0.15) is 5.75 Å². The molecule has 0 amide bonds. The average Bonchev–Trinajstić information content (AvgIpc) is 3.00. The first-order chi connectivity index (χ1) is 15.4. The Morgan fingerprint density at radius 1 is 0.688 bits per heavy atom. The van der Waals surface area contributed by atoms with Crippen molar-refractivity contribution in [2.45, 2.75) is 19.3 Å². The second-order valence-corrected chi connectivity index (χ2v) is 8.34. The quantitative estimate of drug-likeness (QED) is 0.309. The minimum absolute atomic E-state index is 0. The lowest BCUT2D eigenvalue weighted by Crippen LogP contribution is -2.32. The van der Waals surface area contributed by atoms with Crippen LogP contribution in [0.5, 0.6) is 5.75 Å². The van der Waals surface area contributed by atoms with E-state index >= 15 is 0 Å². The summed E-state index contributed by atoms with van der Waals surface area (Å²) in [5.74, 6) is 0.965. The molecular formula is C29H30ClNO. The van der Waals surface area contributed by atoms with Gasteiger partial charge in [0.2, 0.25) is 0 Å². The number of likely N-dealkylation sites (tertiary alicyclic amines) is 1. The van der Waals surface area contributed by atoms with Crippen LogP contribution >= 0.6 is 12.4 Å². The third-order valence-corrected chi connectivity index (χ3v) is 6.35. The van der Waals surface area contributed by atoms with E-state index in [9.17, 15) is 0 Å². The van der Waals surface area contributed by atoms with Crippen LogP contribution in [0.25, 0.3) is 17.7 Å². The van der Waals surface area contributed by atoms with Crippen molar-refractivity contribution in [3.05, 3.63) is 107 Å². The number of fused-ring (bicyclic) bond motifs is 2. The first-order valence-corrected chi connectivity index (χ1v) is 11.4. The number of benzene rings is 3. The number of para-hydroxylation sites is 1. The fourth-order valence-electron chi connectivity index (χ4n) is 4.74. The Bertz CT molecular complexity index is 1040. The standard InChI is InChI=1S/C29H29NO.ClH/c1-2-11-26(12-3-1)31-22-8-19-30-20-17-25(18-21-30)29-27-13-6-4-9-23(27)15-16-24-10-5-7-14-28(24)29;/h1-7,9-16H,8,17-22H2;1H. The van der Waals surface area contributed by atoms with Crippen molar-refractivity contribution in [3.8, 4) is 5.75 Å². The third-order valence-electron chi connectivity index (χ3n) is 6.35. The highest BCUT2D eigenvalue weighted by Crippen LogP contribution is 2.38. The molecule has 0 radical (unpaired) electrons. The van der Waals surface area contributed by atoms with E-state index in [1.165, 1.54) is 27.8 Å². The van der Waals surface area contributed by atoms with Crippen LogP contribution in [0.1, 0.15) is 41.5 Å². The Hall–Kier alpha value is -2.81.